The summed E-state index contributed by atoms with van der Waals surface area (Å²) in [7, 11) is 0. The lowest BCUT2D eigenvalue weighted by Crippen LogP contribution is -2.66. The first-order valence-electron chi connectivity index (χ1n) is 10.6. The third kappa shape index (κ3) is 5.37. The van der Waals surface area contributed by atoms with Gasteiger partial charge in [0.05, 0.1) is 19.8 Å². The maximum Gasteiger partial charge on any atom is 0.187 e. The zero-order valence-electron chi connectivity index (χ0n) is 17.7. The predicted octanol–water partition coefficient (Wildman–Crippen LogP) is -7.57. The minimum absolute atomic E-state index is 0.741. The lowest BCUT2D eigenvalue weighted by Gasteiger charge is -2.47. The van der Waals surface area contributed by atoms with Crippen molar-refractivity contribution >= 4 is 0 Å². The lowest BCUT2D eigenvalue weighted by atomic mass is 9.96. The summed E-state index contributed by atoms with van der Waals surface area (Å²) in [4.78, 5) is 0. The van der Waals surface area contributed by atoms with E-state index in [0.717, 1.165) is 0 Å². The average Bonchev–Trinajstić information content (AvgIpc) is 2.83. The van der Waals surface area contributed by atoms with Gasteiger partial charge in [-0.2, -0.15) is 0 Å². The molecule has 200 valence electrons. The van der Waals surface area contributed by atoms with E-state index in [9.17, 15) is 56.2 Å². The molecule has 15 atom stereocenters. The van der Waals surface area contributed by atoms with E-state index < -0.39 is 112 Å². The Bertz CT molecular complexity index is 635. The van der Waals surface area contributed by atoms with Gasteiger partial charge in [-0.05, 0) is 0 Å². The number of ether oxygens (including phenoxy) is 5. The van der Waals surface area contributed by atoms with Crippen molar-refractivity contribution in [3.8, 4) is 0 Å². The number of hydrogen-bond donors (Lipinski definition) is 11. The summed E-state index contributed by atoms with van der Waals surface area (Å²) in [5.41, 5.74) is 0. The molecule has 3 rings (SSSR count). The maximum atomic E-state index is 10.6. The molecule has 0 aromatic carbocycles. The Labute approximate surface area is 192 Å². The van der Waals surface area contributed by atoms with E-state index in [0.29, 0.717) is 0 Å². The number of rotatable bonds is 7. The summed E-state index contributed by atoms with van der Waals surface area (Å²) in [5, 5.41) is 109. The molecule has 3 aliphatic rings. The monoisotopic (exact) mass is 504 g/mol. The van der Waals surface area contributed by atoms with Gasteiger partial charge in [0, 0.05) is 0 Å². The molecule has 0 saturated carbocycles. The van der Waals surface area contributed by atoms with Crippen molar-refractivity contribution in [1.82, 2.24) is 0 Å². The molecule has 0 radical (unpaired) electrons. The van der Waals surface area contributed by atoms with Crippen molar-refractivity contribution in [3.63, 3.8) is 0 Å². The second-order valence-corrected chi connectivity index (χ2v) is 8.33. The molecule has 0 unspecified atom stereocenters. The summed E-state index contributed by atoms with van der Waals surface area (Å²) in [6.45, 7) is -2.32. The molecule has 16 heteroatoms. The molecule has 0 bridgehead atoms. The first-order chi connectivity index (χ1) is 16.0. The van der Waals surface area contributed by atoms with E-state index in [4.69, 9.17) is 23.7 Å². The maximum absolute atomic E-state index is 10.6. The largest absolute Gasteiger partial charge is 0.394 e. The van der Waals surface area contributed by atoms with Crippen LogP contribution in [0, 0.1) is 0 Å². The molecule has 3 saturated heterocycles. The van der Waals surface area contributed by atoms with Gasteiger partial charge in [0.1, 0.15) is 73.2 Å². The van der Waals surface area contributed by atoms with Crippen molar-refractivity contribution in [2.45, 2.75) is 92.1 Å². The lowest BCUT2D eigenvalue weighted by molar-refractivity contribution is -0.377. The Kier molecular flexibility index (Phi) is 9.54. The molecule has 11 N–H and O–H groups in total. The van der Waals surface area contributed by atoms with Gasteiger partial charge in [-0.3, -0.25) is 0 Å². The van der Waals surface area contributed by atoms with Gasteiger partial charge in [0.15, 0.2) is 18.9 Å². The SMILES string of the molecule is OC[C@H]1O[C@@H](O[C@H]2[C@H](O)[C@H](O)[C@H](O[C@H]3[C@H](O)[C@@H](O)[C@@H](O)O[C@@H]3CO)O[C@@H]2CO)[C@@H](O)[C@@H](O)[C@@H]1O. The topological polar surface area (TPSA) is 269 Å². The third-order valence-electron chi connectivity index (χ3n) is 6.09. The molecular weight excluding hydrogens is 472 g/mol. The Morgan fingerprint density at radius 1 is 0.441 bits per heavy atom. The highest BCUT2D eigenvalue weighted by atomic mass is 16.8. The van der Waals surface area contributed by atoms with Crippen LogP contribution in [0.15, 0.2) is 0 Å². The zero-order chi connectivity index (χ0) is 25.3. The molecule has 0 spiro atoms. The van der Waals surface area contributed by atoms with E-state index in [1.165, 1.54) is 0 Å². The smallest absolute Gasteiger partial charge is 0.187 e. The molecule has 3 aliphatic heterocycles. The second-order valence-electron chi connectivity index (χ2n) is 8.33. The van der Waals surface area contributed by atoms with Gasteiger partial charge in [-0.15, -0.1) is 0 Å². The first kappa shape index (κ1) is 27.9. The zero-order valence-corrected chi connectivity index (χ0v) is 17.7. The van der Waals surface area contributed by atoms with E-state index in [1.807, 2.05) is 0 Å². The fourth-order valence-corrected chi connectivity index (χ4v) is 4.06. The van der Waals surface area contributed by atoms with Crippen LogP contribution in [0.3, 0.4) is 0 Å². The van der Waals surface area contributed by atoms with Gasteiger partial charge in [0.25, 0.3) is 0 Å². The van der Waals surface area contributed by atoms with Crippen LogP contribution in [0.1, 0.15) is 0 Å². The number of aliphatic hydroxyl groups excluding tert-OH is 11. The fourth-order valence-electron chi connectivity index (χ4n) is 4.06. The van der Waals surface area contributed by atoms with Gasteiger partial charge in [0.2, 0.25) is 0 Å². The van der Waals surface area contributed by atoms with Crippen molar-refractivity contribution < 1.29 is 79.9 Å². The summed E-state index contributed by atoms with van der Waals surface area (Å²) >= 11 is 0. The molecular formula is C18H32O16. The van der Waals surface area contributed by atoms with E-state index in [-0.39, 0.29) is 0 Å². The van der Waals surface area contributed by atoms with Crippen LogP contribution < -0.4 is 0 Å². The standard InChI is InChI=1S/C18H32O16/c19-1-4-7(22)8(23)12(27)17(31-4)34-15-6(3-21)32-18(13(28)10(15)25)33-14-5(2-20)30-16(29)11(26)9(14)24/h4-29H,1-3H2/t4-,5-,6-,7-,8+,9-,10-,11-,12+,13+,14-,15-,16+,17+,18+/m1/s1. The molecule has 0 aromatic heterocycles. The van der Waals surface area contributed by atoms with Gasteiger partial charge in [-0.1, -0.05) is 0 Å². The Morgan fingerprint density at radius 3 is 1.35 bits per heavy atom. The van der Waals surface area contributed by atoms with Crippen LogP contribution in [0.5, 0.6) is 0 Å². The summed E-state index contributed by atoms with van der Waals surface area (Å²) in [6.07, 6.45) is -25.1. The van der Waals surface area contributed by atoms with E-state index in [2.05, 4.69) is 0 Å². The van der Waals surface area contributed by atoms with Crippen LogP contribution in [-0.2, 0) is 23.7 Å². The quantitative estimate of drug-likeness (QED) is 0.154. The van der Waals surface area contributed by atoms with Crippen LogP contribution in [-0.4, -0.2) is 168 Å². The van der Waals surface area contributed by atoms with Crippen LogP contribution >= 0.6 is 0 Å². The molecule has 16 nitrogen and oxygen atoms in total. The number of aliphatic hydroxyl groups is 11. The molecule has 0 aliphatic carbocycles. The third-order valence-corrected chi connectivity index (χ3v) is 6.09. The fraction of sp³-hybridized carbons (Fsp3) is 1.00. The Morgan fingerprint density at radius 2 is 0.853 bits per heavy atom. The minimum Gasteiger partial charge on any atom is -0.394 e. The summed E-state index contributed by atoms with van der Waals surface area (Å²) in [5.74, 6) is 0. The Hall–Kier alpha value is -0.640. The van der Waals surface area contributed by atoms with Gasteiger partial charge in [-0.25, -0.2) is 0 Å². The van der Waals surface area contributed by atoms with Gasteiger partial charge >= 0.3 is 0 Å². The van der Waals surface area contributed by atoms with Crippen LogP contribution in [0.4, 0.5) is 0 Å². The number of hydrogen-bond acceptors (Lipinski definition) is 16. The van der Waals surface area contributed by atoms with Crippen molar-refractivity contribution in [2.75, 3.05) is 19.8 Å². The summed E-state index contributed by atoms with van der Waals surface area (Å²) in [6, 6.07) is 0. The molecule has 3 fully saturated rings. The summed E-state index contributed by atoms with van der Waals surface area (Å²) < 4.78 is 26.4. The molecule has 3 heterocycles. The van der Waals surface area contributed by atoms with Crippen molar-refractivity contribution in [1.29, 1.82) is 0 Å². The van der Waals surface area contributed by atoms with Crippen molar-refractivity contribution in [2.24, 2.45) is 0 Å². The highest BCUT2D eigenvalue weighted by Gasteiger charge is 2.53. The van der Waals surface area contributed by atoms with Crippen molar-refractivity contribution in [3.05, 3.63) is 0 Å². The van der Waals surface area contributed by atoms with E-state index >= 15 is 0 Å². The Balaban J connectivity index is 1.72. The van der Waals surface area contributed by atoms with Crippen LogP contribution in [0.25, 0.3) is 0 Å². The van der Waals surface area contributed by atoms with Gasteiger partial charge < -0.3 is 79.9 Å². The molecule has 0 amide bonds. The second kappa shape index (κ2) is 11.6. The highest BCUT2D eigenvalue weighted by Crippen LogP contribution is 2.32. The average molecular weight is 504 g/mol. The minimum atomic E-state index is -1.91. The predicted molar refractivity (Wildman–Crippen MR) is 101 cm³/mol. The first-order valence-corrected chi connectivity index (χ1v) is 10.6. The normalized spacial score (nSPS) is 52.5. The molecule has 0 aromatic rings. The molecule has 34 heavy (non-hydrogen) atoms. The van der Waals surface area contributed by atoms with Crippen LogP contribution in [0.2, 0.25) is 0 Å². The van der Waals surface area contributed by atoms with E-state index in [1.54, 1.807) is 0 Å². The highest BCUT2D eigenvalue weighted by molar-refractivity contribution is 4.96.